The molecule has 0 aliphatic carbocycles. The highest BCUT2D eigenvalue weighted by Crippen LogP contribution is 2.07. The zero-order chi connectivity index (χ0) is 9.68. The van der Waals surface area contributed by atoms with Gasteiger partial charge >= 0.3 is 6.03 Å². The second kappa shape index (κ2) is 4.25. The molecule has 0 aliphatic heterocycles. The third-order valence-electron chi connectivity index (χ3n) is 1.34. The summed E-state index contributed by atoms with van der Waals surface area (Å²) in [5, 5.41) is 4.81. The summed E-state index contributed by atoms with van der Waals surface area (Å²) in [5.74, 6) is -0.338. The van der Waals surface area contributed by atoms with Crippen molar-refractivity contribution in [3.63, 3.8) is 0 Å². The fourth-order valence-electron chi connectivity index (χ4n) is 0.793. The largest absolute Gasteiger partial charge is 0.323 e. The van der Waals surface area contributed by atoms with Crippen molar-refractivity contribution in [1.82, 2.24) is 5.32 Å². The van der Waals surface area contributed by atoms with Gasteiger partial charge in [0.15, 0.2) is 0 Å². The number of carbonyl (C=O) groups is 1. The van der Waals surface area contributed by atoms with Gasteiger partial charge in [-0.2, -0.15) is 0 Å². The molecule has 1 aromatic carbocycles. The molecule has 4 heteroatoms. The van der Waals surface area contributed by atoms with Crippen LogP contribution in [-0.2, 0) is 0 Å². The summed E-state index contributed by atoms with van der Waals surface area (Å²) in [5.41, 5.74) is 0.528. The van der Waals surface area contributed by atoms with Crippen LogP contribution in [0.4, 0.5) is 14.9 Å². The van der Waals surface area contributed by atoms with E-state index < -0.39 is 6.03 Å². The van der Waals surface area contributed by atoms with E-state index in [0.29, 0.717) is 5.69 Å². The smallest absolute Gasteiger partial charge is 0.315 e. The Kier molecular flexibility index (Phi) is 3.03. The second-order valence-corrected chi connectivity index (χ2v) is 2.31. The first kappa shape index (κ1) is 9.25. The van der Waals surface area contributed by atoms with E-state index in [1.54, 1.807) is 0 Å². The van der Waals surface area contributed by atoms with E-state index in [0.717, 1.165) is 0 Å². The van der Waals surface area contributed by atoms with Crippen molar-refractivity contribution in [2.45, 2.75) is 0 Å². The number of amides is 2. The van der Waals surface area contributed by atoms with Crippen molar-refractivity contribution in [2.75, 3.05) is 5.32 Å². The lowest BCUT2D eigenvalue weighted by atomic mass is 10.3. The summed E-state index contributed by atoms with van der Waals surface area (Å²) in [7, 11) is 0. The summed E-state index contributed by atoms with van der Waals surface area (Å²) in [6, 6.07) is 5.07. The summed E-state index contributed by atoms with van der Waals surface area (Å²) in [4.78, 5) is 10.9. The second-order valence-electron chi connectivity index (χ2n) is 2.31. The van der Waals surface area contributed by atoms with Crippen LogP contribution in [0.15, 0.2) is 37.0 Å². The SMILES string of the molecule is C=CNC(=O)Nc1ccc(F)cc1. The number of hydrogen-bond acceptors (Lipinski definition) is 1. The molecule has 0 saturated heterocycles. The van der Waals surface area contributed by atoms with Gasteiger partial charge < -0.3 is 10.6 Å². The topological polar surface area (TPSA) is 41.1 Å². The van der Waals surface area contributed by atoms with E-state index in [1.165, 1.54) is 30.5 Å². The molecule has 0 bridgehead atoms. The van der Waals surface area contributed by atoms with Gasteiger partial charge in [-0.15, -0.1) is 0 Å². The lowest BCUT2D eigenvalue weighted by Gasteiger charge is -2.03. The van der Waals surface area contributed by atoms with E-state index in [-0.39, 0.29) is 5.82 Å². The maximum Gasteiger partial charge on any atom is 0.323 e. The first-order valence-corrected chi connectivity index (χ1v) is 3.66. The molecule has 68 valence electrons. The van der Waals surface area contributed by atoms with Crippen LogP contribution >= 0.6 is 0 Å². The molecule has 0 radical (unpaired) electrons. The van der Waals surface area contributed by atoms with E-state index in [9.17, 15) is 9.18 Å². The predicted molar refractivity (Wildman–Crippen MR) is 48.8 cm³/mol. The quantitative estimate of drug-likeness (QED) is 0.718. The highest BCUT2D eigenvalue weighted by molar-refractivity contribution is 5.89. The summed E-state index contributed by atoms with van der Waals surface area (Å²) >= 11 is 0. The Bertz CT molecular complexity index is 308. The lowest BCUT2D eigenvalue weighted by Crippen LogP contribution is -2.23. The zero-order valence-corrected chi connectivity index (χ0v) is 6.88. The Morgan fingerprint density at radius 2 is 2.00 bits per heavy atom. The summed E-state index contributed by atoms with van der Waals surface area (Å²) < 4.78 is 12.4. The average molecular weight is 180 g/mol. The van der Waals surface area contributed by atoms with Crippen LogP contribution in [0, 0.1) is 5.82 Å². The molecule has 0 unspecified atom stereocenters. The van der Waals surface area contributed by atoms with Gasteiger partial charge in [0.05, 0.1) is 0 Å². The molecule has 0 fully saturated rings. The van der Waals surface area contributed by atoms with Crippen molar-refractivity contribution in [3.05, 3.63) is 42.9 Å². The number of urea groups is 1. The molecule has 2 N–H and O–H groups in total. The maximum absolute atomic E-state index is 12.4. The Labute approximate surface area is 75.3 Å². The van der Waals surface area contributed by atoms with E-state index >= 15 is 0 Å². The highest BCUT2D eigenvalue weighted by Gasteiger charge is 1.97. The minimum atomic E-state index is -0.401. The van der Waals surface area contributed by atoms with E-state index in [1.807, 2.05) is 0 Å². The Morgan fingerprint density at radius 1 is 1.38 bits per heavy atom. The number of rotatable bonds is 2. The fourth-order valence-corrected chi connectivity index (χ4v) is 0.793. The van der Waals surface area contributed by atoms with Crippen LogP contribution in [0.25, 0.3) is 0 Å². The van der Waals surface area contributed by atoms with E-state index in [2.05, 4.69) is 17.2 Å². The van der Waals surface area contributed by atoms with Crippen LogP contribution in [0.2, 0.25) is 0 Å². The monoisotopic (exact) mass is 180 g/mol. The van der Waals surface area contributed by atoms with Gasteiger partial charge in [-0.25, -0.2) is 9.18 Å². The number of hydrogen-bond donors (Lipinski definition) is 2. The van der Waals surface area contributed by atoms with Crippen molar-refractivity contribution >= 4 is 11.7 Å². The number of nitrogens with one attached hydrogen (secondary N) is 2. The Morgan fingerprint density at radius 3 is 2.54 bits per heavy atom. The summed E-state index contributed by atoms with van der Waals surface area (Å²) in [6.45, 7) is 3.32. The van der Waals surface area contributed by atoms with Gasteiger partial charge in [-0.1, -0.05) is 6.58 Å². The van der Waals surface area contributed by atoms with Crippen molar-refractivity contribution in [2.24, 2.45) is 0 Å². The van der Waals surface area contributed by atoms with Crippen LogP contribution in [0.1, 0.15) is 0 Å². The van der Waals surface area contributed by atoms with Crippen LogP contribution in [-0.4, -0.2) is 6.03 Å². The van der Waals surface area contributed by atoms with Gasteiger partial charge in [0.1, 0.15) is 5.82 Å². The molecule has 0 atom stereocenters. The molecule has 1 rings (SSSR count). The maximum atomic E-state index is 12.4. The Hall–Kier alpha value is -1.84. The molecule has 3 nitrogen and oxygen atoms in total. The molecular formula is C9H9FN2O. The van der Waals surface area contributed by atoms with Gasteiger partial charge in [0.25, 0.3) is 0 Å². The molecule has 0 aliphatic rings. The molecular weight excluding hydrogens is 171 g/mol. The first-order valence-electron chi connectivity index (χ1n) is 3.66. The number of benzene rings is 1. The molecule has 0 saturated carbocycles. The minimum absolute atomic E-state index is 0.338. The Balaban J connectivity index is 2.59. The molecule has 0 aromatic heterocycles. The molecule has 0 heterocycles. The molecule has 1 aromatic rings. The third kappa shape index (κ3) is 2.94. The first-order chi connectivity index (χ1) is 6.22. The van der Waals surface area contributed by atoms with Crippen LogP contribution < -0.4 is 10.6 Å². The molecule has 13 heavy (non-hydrogen) atoms. The van der Waals surface area contributed by atoms with Gasteiger partial charge in [-0.05, 0) is 30.5 Å². The molecule has 2 amide bonds. The number of halogens is 1. The third-order valence-corrected chi connectivity index (χ3v) is 1.34. The van der Waals surface area contributed by atoms with Crippen molar-refractivity contribution in [1.29, 1.82) is 0 Å². The van der Waals surface area contributed by atoms with Crippen LogP contribution in [0.5, 0.6) is 0 Å². The lowest BCUT2D eigenvalue weighted by molar-refractivity contribution is 0.255. The number of carbonyl (C=O) groups excluding carboxylic acids is 1. The normalized spacial score (nSPS) is 9.00. The summed E-state index contributed by atoms with van der Waals surface area (Å²) in [6.07, 6.45) is 1.26. The molecule has 0 spiro atoms. The van der Waals surface area contributed by atoms with Gasteiger partial charge in [-0.3, -0.25) is 0 Å². The minimum Gasteiger partial charge on any atom is -0.315 e. The van der Waals surface area contributed by atoms with Gasteiger partial charge in [0, 0.05) is 5.69 Å². The van der Waals surface area contributed by atoms with Gasteiger partial charge in [0.2, 0.25) is 0 Å². The van der Waals surface area contributed by atoms with E-state index in [4.69, 9.17) is 0 Å². The fraction of sp³-hybridized carbons (Fsp3) is 0. The van der Waals surface area contributed by atoms with Crippen molar-refractivity contribution < 1.29 is 9.18 Å². The standard InChI is InChI=1S/C9H9FN2O/c1-2-11-9(13)12-8-5-3-7(10)4-6-8/h2-6H,1H2,(H2,11,12,13). The number of anilines is 1. The highest BCUT2D eigenvalue weighted by atomic mass is 19.1. The van der Waals surface area contributed by atoms with Crippen molar-refractivity contribution in [3.8, 4) is 0 Å². The zero-order valence-electron chi connectivity index (χ0n) is 6.88. The predicted octanol–water partition coefficient (Wildman–Crippen LogP) is 2.09. The average Bonchev–Trinajstić information content (AvgIpc) is 2.09. The van der Waals surface area contributed by atoms with Crippen LogP contribution in [0.3, 0.4) is 0 Å².